The van der Waals surface area contributed by atoms with E-state index in [-0.39, 0.29) is 31.1 Å². The number of hydrogen-bond donors (Lipinski definition) is 0. The molecule has 6 heteroatoms. The Labute approximate surface area is 421 Å². The predicted octanol–water partition coefficient (Wildman–Crippen LogP) is 19.4. The highest BCUT2D eigenvalue weighted by Gasteiger charge is 2.19. The standard InChI is InChI=1S/C62H108O6/c1-4-7-10-13-16-19-22-25-28-30-31-33-34-37-40-43-46-49-52-55-61(64)67-58-59(57-66-60(63)54-51-48-45-42-39-36-27-24-21-18-15-12-9-6-3)68-62(65)56-53-50-47-44-41-38-35-32-29-26-23-20-17-14-11-8-5-2/h7,10,16-17,19-20,25-26,28-29,31,33,59H,4-6,8-9,11-15,18,21-24,27,30,32,34-58H2,1-3H3/b10-7-,19-16-,20-17-,28-25-,29-26-,33-31-. The number of carbonyl (C=O) groups is 3. The highest BCUT2D eigenvalue weighted by Crippen LogP contribution is 2.16. The topological polar surface area (TPSA) is 78.9 Å². The van der Waals surface area contributed by atoms with Gasteiger partial charge in [0.05, 0.1) is 0 Å². The molecule has 0 aliphatic rings. The van der Waals surface area contributed by atoms with E-state index in [2.05, 4.69) is 93.7 Å². The minimum atomic E-state index is -0.784. The van der Waals surface area contributed by atoms with Crippen LogP contribution in [0.25, 0.3) is 0 Å². The summed E-state index contributed by atoms with van der Waals surface area (Å²) in [4.78, 5) is 38.2. The Kier molecular flexibility index (Phi) is 53.8. The summed E-state index contributed by atoms with van der Waals surface area (Å²) < 4.78 is 16.9. The van der Waals surface area contributed by atoms with Crippen molar-refractivity contribution in [2.24, 2.45) is 0 Å². The van der Waals surface area contributed by atoms with Gasteiger partial charge in [-0.15, -0.1) is 0 Å². The van der Waals surface area contributed by atoms with Crippen molar-refractivity contribution in [1.82, 2.24) is 0 Å². The average Bonchev–Trinajstić information content (AvgIpc) is 3.34. The van der Waals surface area contributed by atoms with Gasteiger partial charge in [-0.2, -0.15) is 0 Å². The highest BCUT2D eigenvalue weighted by molar-refractivity contribution is 5.71. The minimum absolute atomic E-state index is 0.0810. The minimum Gasteiger partial charge on any atom is -0.462 e. The van der Waals surface area contributed by atoms with E-state index in [1.807, 2.05) is 0 Å². The first-order valence-electron chi connectivity index (χ1n) is 28.9. The summed E-state index contributed by atoms with van der Waals surface area (Å²) in [5, 5.41) is 0. The molecule has 0 radical (unpaired) electrons. The van der Waals surface area contributed by atoms with Gasteiger partial charge in [0, 0.05) is 19.3 Å². The average molecular weight is 950 g/mol. The van der Waals surface area contributed by atoms with Crippen LogP contribution in [0, 0.1) is 0 Å². The van der Waals surface area contributed by atoms with Crippen molar-refractivity contribution in [3.63, 3.8) is 0 Å². The quantitative estimate of drug-likeness (QED) is 0.0262. The second-order valence-electron chi connectivity index (χ2n) is 19.2. The third kappa shape index (κ3) is 53.8. The van der Waals surface area contributed by atoms with Crippen molar-refractivity contribution < 1.29 is 28.6 Å². The Morgan fingerprint density at radius 1 is 0.309 bits per heavy atom. The maximum atomic E-state index is 12.9. The fraction of sp³-hybridized carbons (Fsp3) is 0.758. The van der Waals surface area contributed by atoms with E-state index in [0.29, 0.717) is 19.3 Å². The number of unbranched alkanes of at least 4 members (excludes halogenated alkanes) is 29. The maximum absolute atomic E-state index is 12.9. The summed E-state index contributed by atoms with van der Waals surface area (Å²) in [5.74, 6) is -0.893. The van der Waals surface area contributed by atoms with Gasteiger partial charge in [-0.05, 0) is 89.9 Å². The number of rotatable bonds is 52. The molecule has 0 bridgehead atoms. The fourth-order valence-corrected chi connectivity index (χ4v) is 8.11. The fourth-order valence-electron chi connectivity index (χ4n) is 8.11. The molecule has 0 fully saturated rings. The number of ether oxygens (including phenoxy) is 3. The van der Waals surface area contributed by atoms with Gasteiger partial charge in [0.2, 0.25) is 0 Å². The molecule has 0 spiro atoms. The lowest BCUT2D eigenvalue weighted by molar-refractivity contribution is -0.167. The van der Waals surface area contributed by atoms with Crippen LogP contribution in [0.3, 0.4) is 0 Å². The van der Waals surface area contributed by atoms with Crippen LogP contribution in [0.2, 0.25) is 0 Å². The molecule has 0 rings (SSSR count). The van der Waals surface area contributed by atoms with Crippen molar-refractivity contribution in [1.29, 1.82) is 0 Å². The molecule has 0 aromatic rings. The van der Waals surface area contributed by atoms with Crippen molar-refractivity contribution in [3.8, 4) is 0 Å². The van der Waals surface area contributed by atoms with E-state index < -0.39 is 6.10 Å². The summed E-state index contributed by atoms with van der Waals surface area (Å²) in [7, 11) is 0. The Morgan fingerprint density at radius 3 is 0.926 bits per heavy atom. The van der Waals surface area contributed by atoms with Gasteiger partial charge >= 0.3 is 17.9 Å². The van der Waals surface area contributed by atoms with Crippen LogP contribution in [-0.2, 0) is 28.6 Å². The molecule has 1 atom stereocenters. The lowest BCUT2D eigenvalue weighted by Gasteiger charge is -2.18. The van der Waals surface area contributed by atoms with E-state index in [4.69, 9.17) is 14.2 Å². The van der Waals surface area contributed by atoms with Gasteiger partial charge in [0.1, 0.15) is 13.2 Å². The first-order valence-corrected chi connectivity index (χ1v) is 28.9. The largest absolute Gasteiger partial charge is 0.462 e. The smallest absolute Gasteiger partial charge is 0.306 e. The highest BCUT2D eigenvalue weighted by atomic mass is 16.6. The molecule has 1 unspecified atom stereocenters. The van der Waals surface area contributed by atoms with Crippen molar-refractivity contribution in [3.05, 3.63) is 72.9 Å². The number of carbonyl (C=O) groups excluding carboxylic acids is 3. The second-order valence-corrected chi connectivity index (χ2v) is 19.2. The van der Waals surface area contributed by atoms with Crippen LogP contribution in [0.5, 0.6) is 0 Å². The molecule has 0 aliphatic heterocycles. The maximum Gasteiger partial charge on any atom is 0.306 e. The Morgan fingerprint density at radius 2 is 0.574 bits per heavy atom. The van der Waals surface area contributed by atoms with Gasteiger partial charge in [-0.1, -0.05) is 248 Å². The van der Waals surface area contributed by atoms with Crippen LogP contribution in [0.15, 0.2) is 72.9 Å². The molecule has 0 heterocycles. The van der Waals surface area contributed by atoms with Gasteiger partial charge < -0.3 is 14.2 Å². The van der Waals surface area contributed by atoms with Gasteiger partial charge in [0.15, 0.2) is 6.10 Å². The van der Waals surface area contributed by atoms with Gasteiger partial charge in [-0.3, -0.25) is 14.4 Å². The summed E-state index contributed by atoms with van der Waals surface area (Å²) in [6.07, 6.45) is 71.7. The van der Waals surface area contributed by atoms with Crippen LogP contribution in [0.4, 0.5) is 0 Å². The Bertz CT molecular complexity index is 1270. The Hall–Kier alpha value is -3.15. The molecule has 0 saturated carbocycles. The van der Waals surface area contributed by atoms with Crippen LogP contribution in [0.1, 0.15) is 284 Å². The molecule has 6 nitrogen and oxygen atoms in total. The summed E-state index contributed by atoms with van der Waals surface area (Å²) in [5.41, 5.74) is 0. The molecule has 0 aromatic carbocycles. The molecule has 0 aliphatic carbocycles. The van der Waals surface area contributed by atoms with E-state index in [0.717, 1.165) is 103 Å². The zero-order valence-electron chi connectivity index (χ0n) is 44.9. The molecule has 0 saturated heterocycles. The summed E-state index contributed by atoms with van der Waals surface area (Å²) in [6, 6.07) is 0. The van der Waals surface area contributed by atoms with Crippen molar-refractivity contribution in [2.45, 2.75) is 290 Å². The SMILES string of the molecule is CC/C=C\C/C=C\C/C=C\C/C=C\CCCCCCCCC(=O)OCC(COC(=O)CCCCCCCCCCCCCCCC)OC(=O)CCCCCCCCC/C=C\C/C=C\CCCCC. The number of allylic oxidation sites excluding steroid dienone is 12. The summed E-state index contributed by atoms with van der Waals surface area (Å²) >= 11 is 0. The van der Waals surface area contributed by atoms with E-state index in [1.54, 1.807) is 0 Å². The first-order chi connectivity index (χ1) is 33.5. The second kappa shape index (κ2) is 56.4. The number of esters is 3. The van der Waals surface area contributed by atoms with E-state index in [9.17, 15) is 14.4 Å². The zero-order valence-corrected chi connectivity index (χ0v) is 44.9. The van der Waals surface area contributed by atoms with Crippen molar-refractivity contribution in [2.75, 3.05) is 13.2 Å². The molecule has 0 amide bonds. The molecule has 0 N–H and O–H groups in total. The molecule has 0 aromatic heterocycles. The van der Waals surface area contributed by atoms with E-state index in [1.165, 1.54) is 141 Å². The normalized spacial score (nSPS) is 12.6. The summed E-state index contributed by atoms with van der Waals surface area (Å²) in [6.45, 7) is 6.51. The zero-order chi connectivity index (χ0) is 49.3. The lowest BCUT2D eigenvalue weighted by Crippen LogP contribution is -2.30. The van der Waals surface area contributed by atoms with E-state index >= 15 is 0 Å². The van der Waals surface area contributed by atoms with Gasteiger partial charge in [0.25, 0.3) is 0 Å². The van der Waals surface area contributed by atoms with Crippen molar-refractivity contribution >= 4 is 17.9 Å². The first kappa shape index (κ1) is 64.8. The monoisotopic (exact) mass is 949 g/mol. The molecule has 392 valence electrons. The van der Waals surface area contributed by atoms with Gasteiger partial charge in [-0.25, -0.2) is 0 Å². The third-order valence-corrected chi connectivity index (χ3v) is 12.4. The Balaban J connectivity index is 4.40. The van der Waals surface area contributed by atoms with Crippen LogP contribution < -0.4 is 0 Å². The third-order valence-electron chi connectivity index (χ3n) is 12.4. The molecule has 68 heavy (non-hydrogen) atoms. The van der Waals surface area contributed by atoms with Crippen LogP contribution >= 0.6 is 0 Å². The molecular weight excluding hydrogens is 841 g/mol. The predicted molar refractivity (Wildman–Crippen MR) is 293 cm³/mol. The van der Waals surface area contributed by atoms with Crippen LogP contribution in [-0.4, -0.2) is 37.2 Å². The molecular formula is C62H108O6. The lowest BCUT2D eigenvalue weighted by atomic mass is 10.0. The number of hydrogen-bond acceptors (Lipinski definition) is 6.